The minimum absolute atomic E-state index is 0.592. The Morgan fingerprint density at radius 3 is 2.53 bits per heavy atom. The molecule has 9 heteroatoms. The normalized spacial score (nSPS) is 15.9. The van der Waals surface area contributed by atoms with Crippen molar-refractivity contribution in [3.05, 3.63) is 48.0 Å². The number of nitrogens with one attached hydrogen (secondary N) is 1. The van der Waals surface area contributed by atoms with Crippen LogP contribution in [0.2, 0.25) is 0 Å². The predicted molar refractivity (Wildman–Crippen MR) is 140 cm³/mol. The number of hydrogen-bond acceptors (Lipinski definition) is 6. The number of amides is 2. The summed E-state index contributed by atoms with van der Waals surface area (Å²) in [6.07, 6.45) is 2.90. The molecule has 0 unspecified atom stereocenters. The van der Waals surface area contributed by atoms with Gasteiger partial charge in [-0.1, -0.05) is 6.07 Å². The van der Waals surface area contributed by atoms with Gasteiger partial charge in [0.1, 0.15) is 5.82 Å². The number of piperazine rings is 1. The van der Waals surface area contributed by atoms with E-state index in [-0.39, 0.29) is 0 Å². The van der Waals surface area contributed by atoms with Gasteiger partial charge in [0.15, 0.2) is 11.5 Å². The molecule has 2 amide bonds. The number of urea groups is 1. The zero-order chi connectivity index (χ0) is 24.9. The molecule has 3 N–H and O–H groups in total. The molecular weight excluding hydrogens is 456 g/mol. The first-order chi connectivity index (χ1) is 17.6. The third-order valence-corrected chi connectivity index (χ3v) is 6.86. The van der Waals surface area contributed by atoms with E-state index in [1.54, 1.807) is 6.07 Å². The number of nitriles is 1. The number of aromatic nitrogens is 1. The van der Waals surface area contributed by atoms with E-state index in [1.165, 1.54) is 5.69 Å². The summed E-state index contributed by atoms with van der Waals surface area (Å²) in [7, 11) is 0. The fraction of sp³-hybridized carbons (Fsp3) is 0.407. The second-order valence-electron chi connectivity index (χ2n) is 9.27. The number of unbranched alkanes of at least 4 members (excludes halogenated alkanes) is 1. The van der Waals surface area contributed by atoms with E-state index in [2.05, 4.69) is 33.3 Å². The Morgan fingerprint density at radius 2 is 1.75 bits per heavy atom. The number of ether oxygens (including phenoxy) is 2. The van der Waals surface area contributed by atoms with Gasteiger partial charge in [-0.15, -0.1) is 0 Å². The first kappa shape index (κ1) is 23.8. The molecule has 2 aliphatic heterocycles. The summed E-state index contributed by atoms with van der Waals surface area (Å²) in [5.41, 5.74) is 8.09. The Kier molecular flexibility index (Phi) is 7.14. The number of nitrogens with zero attached hydrogens (tertiary/aromatic N) is 4. The summed E-state index contributed by atoms with van der Waals surface area (Å²) in [6.45, 7) is 7.15. The van der Waals surface area contributed by atoms with E-state index in [1.807, 2.05) is 28.8 Å². The first-order valence-electron chi connectivity index (χ1n) is 12.6. The third-order valence-electron chi connectivity index (χ3n) is 6.86. The van der Waals surface area contributed by atoms with Gasteiger partial charge in [-0.25, -0.2) is 4.79 Å². The van der Waals surface area contributed by atoms with Gasteiger partial charge in [0.2, 0.25) is 0 Å². The van der Waals surface area contributed by atoms with Crippen molar-refractivity contribution in [2.45, 2.75) is 25.8 Å². The van der Waals surface area contributed by atoms with Crippen LogP contribution < -0.4 is 25.4 Å². The van der Waals surface area contributed by atoms with Crippen molar-refractivity contribution in [2.75, 3.05) is 56.2 Å². The predicted octanol–water partition coefficient (Wildman–Crippen LogP) is 3.77. The molecule has 2 aromatic carbocycles. The standard InChI is InChI=1S/C27H32N6O3/c28-19-20-4-5-21-17-26(30-27(29)34)33(23(21)16-20)9-2-1-8-31-10-12-32(13-11-31)22-6-7-24-25(18-22)36-15-3-14-35-24/h4-7,16-18H,1-3,8-15H2,(H3,29,30,34). The molecule has 0 bridgehead atoms. The van der Waals surface area contributed by atoms with Crippen LogP contribution >= 0.6 is 0 Å². The molecule has 1 aromatic heterocycles. The third kappa shape index (κ3) is 5.34. The van der Waals surface area contributed by atoms with Crippen molar-refractivity contribution >= 4 is 28.4 Å². The molecule has 5 rings (SSSR count). The van der Waals surface area contributed by atoms with Crippen LogP contribution in [-0.4, -0.2) is 61.4 Å². The summed E-state index contributed by atoms with van der Waals surface area (Å²) >= 11 is 0. The van der Waals surface area contributed by atoms with Gasteiger partial charge in [0, 0.05) is 56.3 Å². The van der Waals surface area contributed by atoms with Crippen LogP contribution in [-0.2, 0) is 6.54 Å². The summed E-state index contributed by atoms with van der Waals surface area (Å²) in [5, 5.41) is 13.0. The molecule has 3 aromatic rings. The second kappa shape index (κ2) is 10.8. The molecule has 36 heavy (non-hydrogen) atoms. The van der Waals surface area contributed by atoms with E-state index >= 15 is 0 Å². The highest BCUT2D eigenvalue weighted by atomic mass is 16.5. The average molecular weight is 489 g/mol. The highest BCUT2D eigenvalue weighted by Gasteiger charge is 2.19. The SMILES string of the molecule is N#Cc1ccc2cc(NC(N)=O)n(CCCCN3CCN(c4ccc5c(c4)OCCCO5)CC3)c2c1. The zero-order valence-electron chi connectivity index (χ0n) is 20.4. The number of anilines is 2. The van der Waals surface area contributed by atoms with Crippen molar-refractivity contribution in [1.29, 1.82) is 5.26 Å². The number of primary amides is 1. The van der Waals surface area contributed by atoms with Gasteiger partial charge in [-0.05, 0) is 49.7 Å². The molecule has 0 spiro atoms. The largest absolute Gasteiger partial charge is 0.490 e. The van der Waals surface area contributed by atoms with Gasteiger partial charge in [-0.3, -0.25) is 10.2 Å². The lowest BCUT2D eigenvalue weighted by molar-refractivity contribution is 0.251. The highest BCUT2D eigenvalue weighted by Crippen LogP contribution is 2.34. The molecule has 0 aliphatic carbocycles. The number of hydrogen-bond donors (Lipinski definition) is 2. The first-order valence-corrected chi connectivity index (χ1v) is 12.6. The highest BCUT2D eigenvalue weighted by molar-refractivity contribution is 5.93. The molecule has 2 aliphatic rings. The Hall–Kier alpha value is -3.90. The number of fused-ring (bicyclic) bond motifs is 2. The summed E-state index contributed by atoms with van der Waals surface area (Å²) < 4.78 is 13.7. The fourth-order valence-corrected chi connectivity index (χ4v) is 4.98. The monoisotopic (exact) mass is 488 g/mol. The van der Waals surface area contributed by atoms with Crippen LogP contribution in [0, 0.1) is 11.3 Å². The summed E-state index contributed by atoms with van der Waals surface area (Å²) in [4.78, 5) is 16.4. The van der Waals surface area contributed by atoms with E-state index in [9.17, 15) is 10.1 Å². The van der Waals surface area contributed by atoms with Crippen LogP contribution in [0.1, 0.15) is 24.8 Å². The fourth-order valence-electron chi connectivity index (χ4n) is 4.98. The van der Waals surface area contributed by atoms with E-state index < -0.39 is 6.03 Å². The quantitative estimate of drug-likeness (QED) is 0.490. The Labute approximate surface area is 211 Å². The summed E-state index contributed by atoms with van der Waals surface area (Å²) in [6, 6.07) is 15.3. The molecule has 0 saturated carbocycles. The van der Waals surface area contributed by atoms with E-state index in [0.717, 1.165) is 80.9 Å². The van der Waals surface area contributed by atoms with Crippen LogP contribution in [0.4, 0.5) is 16.3 Å². The average Bonchev–Trinajstić information content (AvgIpc) is 3.05. The van der Waals surface area contributed by atoms with Crippen LogP contribution in [0.15, 0.2) is 42.5 Å². The second-order valence-corrected chi connectivity index (χ2v) is 9.27. The van der Waals surface area contributed by atoms with Crippen molar-refractivity contribution in [3.63, 3.8) is 0 Å². The molecule has 1 fully saturated rings. The van der Waals surface area contributed by atoms with Crippen molar-refractivity contribution in [2.24, 2.45) is 5.73 Å². The zero-order valence-corrected chi connectivity index (χ0v) is 20.4. The Balaban J connectivity index is 1.14. The minimum atomic E-state index is -0.592. The molecule has 1 saturated heterocycles. The Bertz CT molecular complexity index is 1270. The summed E-state index contributed by atoms with van der Waals surface area (Å²) in [5.74, 6) is 2.34. The van der Waals surface area contributed by atoms with Crippen LogP contribution in [0.25, 0.3) is 10.9 Å². The number of benzene rings is 2. The van der Waals surface area contributed by atoms with E-state index in [0.29, 0.717) is 24.6 Å². The lowest BCUT2D eigenvalue weighted by Gasteiger charge is -2.36. The minimum Gasteiger partial charge on any atom is -0.490 e. The van der Waals surface area contributed by atoms with Crippen LogP contribution in [0.3, 0.4) is 0 Å². The van der Waals surface area contributed by atoms with Gasteiger partial charge in [0.25, 0.3) is 0 Å². The maximum atomic E-state index is 11.5. The number of nitrogens with two attached hydrogens (primary N) is 1. The van der Waals surface area contributed by atoms with Gasteiger partial charge in [0.05, 0.1) is 30.4 Å². The van der Waals surface area contributed by atoms with Crippen molar-refractivity contribution in [3.8, 4) is 17.6 Å². The van der Waals surface area contributed by atoms with E-state index in [4.69, 9.17) is 15.2 Å². The topological polar surface area (TPSA) is 109 Å². The van der Waals surface area contributed by atoms with Gasteiger partial charge in [-0.2, -0.15) is 5.26 Å². The lowest BCUT2D eigenvalue weighted by atomic mass is 10.2. The van der Waals surface area contributed by atoms with Gasteiger partial charge >= 0.3 is 6.03 Å². The van der Waals surface area contributed by atoms with Gasteiger partial charge < -0.3 is 24.7 Å². The number of rotatable bonds is 7. The molecule has 0 atom stereocenters. The molecule has 9 nitrogen and oxygen atoms in total. The molecule has 0 radical (unpaired) electrons. The number of aryl methyl sites for hydroxylation is 1. The van der Waals surface area contributed by atoms with Crippen LogP contribution in [0.5, 0.6) is 11.5 Å². The Morgan fingerprint density at radius 1 is 0.972 bits per heavy atom. The van der Waals surface area contributed by atoms with Crippen molar-refractivity contribution in [1.82, 2.24) is 9.47 Å². The lowest BCUT2D eigenvalue weighted by Crippen LogP contribution is -2.46. The maximum absolute atomic E-state index is 11.5. The molecule has 188 valence electrons. The smallest absolute Gasteiger partial charge is 0.317 e. The number of carbonyl (C=O) groups is 1. The molecular formula is C27H32N6O3. The maximum Gasteiger partial charge on any atom is 0.317 e. The number of carbonyl (C=O) groups excluding carboxylic acids is 1. The van der Waals surface area contributed by atoms with Crippen molar-refractivity contribution < 1.29 is 14.3 Å². The molecule has 3 heterocycles.